The maximum Gasteiger partial charge on any atom is 0.501 e. The Morgan fingerprint density at radius 3 is 1.15 bits per heavy atom. The molecule has 0 bridgehead atoms. The number of nitrogens with zero attached hydrogens (tertiary/aromatic N) is 10. The number of aromatic carboxylic acids is 2. The number of thioether (sulfide) groups is 2. The molecule has 12 aromatic rings. The maximum absolute atomic E-state index is 15.0. The molecule has 18 rings (SSSR count). The van der Waals surface area contributed by atoms with Gasteiger partial charge < -0.3 is 68.0 Å². The van der Waals surface area contributed by atoms with Crippen molar-refractivity contribution in [3.63, 3.8) is 0 Å². The van der Waals surface area contributed by atoms with Gasteiger partial charge in [-0.05, 0) is 276 Å². The molecule has 147 heavy (non-hydrogen) atoms. The van der Waals surface area contributed by atoms with E-state index in [1.54, 1.807) is 79.0 Å². The number of alkyl halides is 6. The number of carboxylic acids is 2. The van der Waals surface area contributed by atoms with E-state index in [1.807, 2.05) is 188 Å². The second-order valence-corrected chi connectivity index (χ2v) is 49.4. The van der Waals surface area contributed by atoms with E-state index in [4.69, 9.17) is 32.2 Å². The Morgan fingerprint density at radius 1 is 0.429 bits per heavy atom. The first-order chi connectivity index (χ1) is 70.3. The fourth-order valence-corrected chi connectivity index (χ4v) is 29.8. The minimum Gasteiger partial charge on any atom is -0.478 e. The van der Waals surface area contributed by atoms with E-state index in [9.17, 15) is 82.3 Å². The Bertz CT molecular complexity index is 7040. The summed E-state index contributed by atoms with van der Waals surface area (Å²) in [7, 11) is -18.1. The number of hydrogen-bond donors (Lipinski definition) is 4. The quantitative estimate of drug-likeness (QED) is 0.0169. The number of aromatic nitrogens is 2. The van der Waals surface area contributed by atoms with Crippen LogP contribution in [0.1, 0.15) is 88.7 Å². The predicted molar refractivity (Wildman–Crippen MR) is 574 cm³/mol. The lowest BCUT2D eigenvalue weighted by Crippen LogP contribution is -2.46. The number of halogens is 8. The summed E-state index contributed by atoms with van der Waals surface area (Å²) < 4.78 is 190. The topological polar surface area (TPSA) is 272 Å². The molecule has 4 N–H and O–H groups in total. The maximum atomic E-state index is 15.0. The molecule has 0 radical (unpaired) electrons. The lowest BCUT2D eigenvalue weighted by Gasteiger charge is -2.37. The first-order valence-electron chi connectivity index (χ1n) is 49.3. The third kappa shape index (κ3) is 23.9. The van der Waals surface area contributed by atoms with Crippen molar-refractivity contribution in [2.75, 3.05) is 158 Å². The summed E-state index contributed by atoms with van der Waals surface area (Å²) in [6, 6.07) is 72.2. The second-order valence-electron chi connectivity index (χ2n) is 37.9. The molecule has 6 aliphatic rings. The molecule has 0 aliphatic carbocycles. The Labute approximate surface area is 872 Å². The molecule has 778 valence electrons. The fourth-order valence-electron chi connectivity index (χ4n) is 20.7. The normalized spacial score (nSPS) is 18.6. The highest BCUT2D eigenvalue weighted by atomic mass is 35.5. The summed E-state index contributed by atoms with van der Waals surface area (Å²) in [4.78, 5) is 39.1. The molecule has 6 fully saturated rings. The predicted octanol–water partition coefficient (Wildman–Crippen LogP) is 22.1. The van der Waals surface area contributed by atoms with Crippen LogP contribution in [-0.4, -0.2) is 221 Å². The van der Waals surface area contributed by atoms with E-state index in [1.165, 1.54) is 33.6 Å². The molecule has 6 saturated heterocycles. The Balaban J connectivity index is 0.000000201. The van der Waals surface area contributed by atoms with Crippen molar-refractivity contribution in [3.05, 3.63) is 286 Å². The van der Waals surface area contributed by atoms with Gasteiger partial charge in [-0.1, -0.05) is 120 Å². The summed E-state index contributed by atoms with van der Waals surface area (Å²) in [5.74, 6) is -1.37. The monoisotopic (exact) mass is 2160 g/mol. The number of piperazine rings is 2. The molecule has 38 heteroatoms. The van der Waals surface area contributed by atoms with Crippen molar-refractivity contribution < 1.29 is 91.4 Å². The van der Waals surface area contributed by atoms with Crippen LogP contribution in [0.2, 0.25) is 10.0 Å². The first kappa shape index (κ1) is 108. The summed E-state index contributed by atoms with van der Waals surface area (Å²) >= 11 is 15.6. The van der Waals surface area contributed by atoms with Crippen molar-refractivity contribution in [2.45, 2.75) is 121 Å². The van der Waals surface area contributed by atoms with Crippen LogP contribution < -0.4 is 39.5 Å². The standard InChI is InChI=1S/C55H60ClF3N5O7PS2.C54H58ClF3N5O7PS2/c1-3-63-38(2)51(54(66)67)52(53(63)40-12-15-43(56)16-13-40)42-8-7-9-46(35-42)62-30-28-61(29-31-62)44-17-19-45(20-18-44)64-32-33-71-72(64,68)48-21-14-41(50(36-48)74(69,70)55(57,58)59)34-39(37-73-49-10-5-4-6-11-49)22-25-60-26-23-47(65)24-27-60;1-37-50(53(65)66)51(52(59(37)2)39-11-14-42(55)15-12-39)41-7-6-8-45(34-41)62-29-27-61(28-30-62)43-16-18-44(19-17-43)63-31-32-70-71(63,67)47-20-13-40(49(35-47)73(68,69)54(56,57)58)33-38(36-72-48-9-4-3-5-10-48)21-24-60-25-22-46(64)23-26-60/h4-21,35-36,39,47,65H,3,22-34,37H2,1-2H3,(H,66,67);3-20,34-35,38,46,64H,21-33,36H2,1-2H3,(H,65,66)/t39-,72-;38-,71+/m00/s1. The summed E-state index contributed by atoms with van der Waals surface area (Å²) in [5, 5.41) is 41.9. The van der Waals surface area contributed by atoms with Crippen LogP contribution in [0.15, 0.2) is 262 Å². The highest BCUT2D eigenvalue weighted by Crippen LogP contribution is 2.59. The molecule has 0 amide bonds. The summed E-state index contributed by atoms with van der Waals surface area (Å²) in [5.41, 5.74) is 1.52. The van der Waals surface area contributed by atoms with Crippen molar-refractivity contribution in [1.29, 1.82) is 0 Å². The third-order valence-corrected chi connectivity index (χ3v) is 40.0. The number of carbonyl (C=O) groups is 2. The van der Waals surface area contributed by atoms with Gasteiger partial charge in [0.15, 0.2) is 0 Å². The first-order valence-corrected chi connectivity index (χ1v) is 58.1. The van der Waals surface area contributed by atoms with Crippen molar-refractivity contribution in [3.8, 4) is 44.8 Å². The minimum absolute atomic E-state index is 0.00482. The molecular formula is C109H118Cl2F6N10O14P2S4. The summed E-state index contributed by atoms with van der Waals surface area (Å²) in [6.45, 7) is 16.0. The molecular weight excluding hydrogens is 2050 g/mol. The van der Waals surface area contributed by atoms with Gasteiger partial charge in [-0.25, -0.2) is 26.4 Å². The van der Waals surface area contributed by atoms with Crippen LogP contribution >= 0.6 is 61.8 Å². The highest BCUT2D eigenvalue weighted by molar-refractivity contribution is 7.99. The molecule has 4 atom stereocenters. The Hall–Kier alpha value is -10.5. The van der Waals surface area contributed by atoms with E-state index >= 15 is 0 Å². The van der Waals surface area contributed by atoms with E-state index in [0.717, 1.165) is 78.3 Å². The number of likely N-dealkylation sites (tertiary alicyclic amines) is 2. The third-order valence-electron chi connectivity index (χ3n) is 28.8. The average Bonchev–Trinajstić information content (AvgIpc) is 1.75. The van der Waals surface area contributed by atoms with Crippen molar-refractivity contribution in [2.24, 2.45) is 18.9 Å². The molecule has 6 aliphatic heterocycles. The zero-order chi connectivity index (χ0) is 104. The number of aliphatic hydroxyl groups is 2. The number of benzene rings is 10. The van der Waals surface area contributed by atoms with Gasteiger partial charge in [0.2, 0.25) is 0 Å². The second kappa shape index (κ2) is 46.1. The van der Waals surface area contributed by atoms with Crippen molar-refractivity contribution in [1.82, 2.24) is 18.9 Å². The highest BCUT2D eigenvalue weighted by Gasteiger charge is 2.52. The van der Waals surface area contributed by atoms with Gasteiger partial charge in [0.05, 0.1) is 81.4 Å². The molecule has 8 heterocycles. The SMILES string of the molecule is CCn1c(C)c(C(=O)O)c(-c2cccc(N3CCN(c4ccc(N5CCO[P@@]5(=O)c5ccc(C[C@H](CCN6CCC(O)CC6)CSc6ccccc6)c(S(=O)(=O)C(F)(F)F)c5)cc4)CC3)c2)c1-c1ccc(Cl)cc1.Cc1c(C(=O)O)c(-c2cccc(N3CCN(c4ccc(N5CCO[P@]5(=O)c5ccc(C[C@H](CCN6CCC(O)CC6)CSc6ccccc6)c(S(=O)(=O)C(F)(F)F)c5)cc4)CC3)c2)c(-c2ccc(Cl)cc2)n1C. The van der Waals surface area contributed by atoms with Crippen LogP contribution in [0.4, 0.5) is 60.5 Å². The Morgan fingerprint density at radius 2 is 0.782 bits per heavy atom. The van der Waals surface area contributed by atoms with Gasteiger partial charge in [-0.3, -0.25) is 18.5 Å². The van der Waals surface area contributed by atoms with E-state index in [-0.39, 0.29) is 96.1 Å². The summed E-state index contributed by atoms with van der Waals surface area (Å²) in [6.07, 6.45) is 3.14. The molecule has 0 saturated carbocycles. The zero-order valence-electron chi connectivity index (χ0n) is 81.8. The van der Waals surface area contributed by atoms with E-state index in [0.29, 0.717) is 192 Å². The van der Waals surface area contributed by atoms with E-state index in [2.05, 4.69) is 29.4 Å². The van der Waals surface area contributed by atoms with Gasteiger partial charge in [0, 0.05) is 180 Å². The number of aliphatic hydroxyl groups excluding tert-OH is 2. The van der Waals surface area contributed by atoms with Gasteiger partial charge in [-0.15, -0.1) is 23.5 Å². The number of sulfone groups is 2. The van der Waals surface area contributed by atoms with Crippen molar-refractivity contribution >= 4 is 138 Å². The molecule has 2 aromatic heterocycles. The molecule has 24 nitrogen and oxygen atoms in total. The molecule has 10 aromatic carbocycles. The lowest BCUT2D eigenvalue weighted by atomic mass is 9.96. The number of rotatable bonds is 33. The zero-order valence-corrected chi connectivity index (χ0v) is 88.4. The van der Waals surface area contributed by atoms with Crippen LogP contribution in [0, 0.1) is 25.7 Å². The van der Waals surface area contributed by atoms with Crippen LogP contribution in [0.3, 0.4) is 0 Å². The fraction of sp³-hybridized carbons (Fsp3) is 0.358. The van der Waals surface area contributed by atoms with E-state index < -0.39 is 67.5 Å². The smallest absolute Gasteiger partial charge is 0.478 e. The van der Waals surface area contributed by atoms with Gasteiger partial charge in [-0.2, -0.15) is 26.3 Å². The molecule has 0 unspecified atom stereocenters. The minimum atomic E-state index is -5.87. The molecule has 0 spiro atoms. The Kier molecular flexibility index (Phi) is 33.8. The number of anilines is 6. The lowest BCUT2D eigenvalue weighted by molar-refractivity contribution is -0.0442. The van der Waals surface area contributed by atoms with Gasteiger partial charge in [0.25, 0.3) is 19.7 Å². The number of piperidine rings is 2. The van der Waals surface area contributed by atoms with Gasteiger partial charge >= 0.3 is 38.0 Å². The average molecular weight is 2170 g/mol. The number of hydrogen-bond acceptors (Lipinski definition) is 20. The van der Waals surface area contributed by atoms with Gasteiger partial charge in [0.1, 0.15) is 0 Å². The largest absolute Gasteiger partial charge is 0.501 e. The van der Waals surface area contributed by atoms with Crippen LogP contribution in [0.25, 0.3) is 44.8 Å². The van der Waals surface area contributed by atoms with Crippen LogP contribution in [0.5, 0.6) is 0 Å². The van der Waals surface area contributed by atoms with Crippen LogP contribution in [-0.2, 0) is 64.3 Å². The number of carboxylic acid groups (broad SMARTS) is 2.